The summed E-state index contributed by atoms with van der Waals surface area (Å²) in [5.41, 5.74) is 2.20. The normalized spacial score (nSPS) is 25.4. The SMILES string of the molecule is CC(NC(=O)c1ccc(Cl)cc1)[C@H]1CC[C@]2(CC1)COc1ccccc12. The summed E-state index contributed by atoms with van der Waals surface area (Å²) in [6.45, 7) is 2.92. The molecule has 1 unspecified atom stereocenters. The minimum absolute atomic E-state index is 0.0241. The summed E-state index contributed by atoms with van der Waals surface area (Å²) in [4.78, 5) is 12.4. The van der Waals surface area contributed by atoms with Crippen molar-refractivity contribution in [3.63, 3.8) is 0 Å². The number of amides is 1. The van der Waals surface area contributed by atoms with Gasteiger partial charge in [0.05, 0.1) is 6.61 Å². The van der Waals surface area contributed by atoms with Gasteiger partial charge in [-0.3, -0.25) is 4.79 Å². The Hall–Kier alpha value is -2.00. The van der Waals surface area contributed by atoms with E-state index in [4.69, 9.17) is 16.3 Å². The number of hydrogen-bond acceptors (Lipinski definition) is 2. The van der Waals surface area contributed by atoms with Crippen molar-refractivity contribution in [2.24, 2.45) is 5.92 Å². The van der Waals surface area contributed by atoms with Crippen LogP contribution in [0, 0.1) is 5.92 Å². The second kappa shape index (κ2) is 6.96. The fourth-order valence-electron chi connectivity index (χ4n) is 4.44. The number of nitrogens with one attached hydrogen (secondary N) is 1. The van der Waals surface area contributed by atoms with E-state index >= 15 is 0 Å². The number of halogens is 1. The van der Waals surface area contributed by atoms with E-state index in [1.54, 1.807) is 24.3 Å². The maximum absolute atomic E-state index is 12.4. The minimum Gasteiger partial charge on any atom is -0.492 e. The Morgan fingerprint density at radius 1 is 1.15 bits per heavy atom. The van der Waals surface area contributed by atoms with Gasteiger partial charge in [0.2, 0.25) is 0 Å². The smallest absolute Gasteiger partial charge is 0.251 e. The Labute approximate surface area is 159 Å². The Bertz CT molecular complexity index is 794. The Morgan fingerprint density at radius 2 is 1.85 bits per heavy atom. The van der Waals surface area contributed by atoms with Crippen molar-refractivity contribution in [3.05, 3.63) is 64.7 Å². The maximum Gasteiger partial charge on any atom is 0.251 e. The first-order chi connectivity index (χ1) is 12.6. The van der Waals surface area contributed by atoms with Crippen LogP contribution in [0.3, 0.4) is 0 Å². The number of carbonyl (C=O) groups is 1. The van der Waals surface area contributed by atoms with Crippen LogP contribution in [-0.2, 0) is 5.41 Å². The molecule has 1 atom stereocenters. The Balaban J connectivity index is 1.37. The van der Waals surface area contributed by atoms with E-state index in [0.29, 0.717) is 16.5 Å². The molecule has 3 nitrogen and oxygen atoms in total. The van der Waals surface area contributed by atoms with Crippen molar-refractivity contribution in [1.29, 1.82) is 0 Å². The van der Waals surface area contributed by atoms with Gasteiger partial charge in [-0.25, -0.2) is 0 Å². The highest BCUT2D eigenvalue weighted by Crippen LogP contribution is 2.49. The molecular formula is C22H24ClNO2. The van der Waals surface area contributed by atoms with Crippen molar-refractivity contribution in [1.82, 2.24) is 5.32 Å². The monoisotopic (exact) mass is 369 g/mol. The van der Waals surface area contributed by atoms with Crippen LogP contribution in [-0.4, -0.2) is 18.6 Å². The molecule has 1 fully saturated rings. The van der Waals surface area contributed by atoms with Crippen LogP contribution >= 0.6 is 11.6 Å². The lowest BCUT2D eigenvalue weighted by Crippen LogP contribution is -2.42. The number of hydrogen-bond donors (Lipinski definition) is 1. The molecule has 1 heterocycles. The van der Waals surface area contributed by atoms with Gasteiger partial charge in [-0.2, -0.15) is 0 Å². The van der Waals surface area contributed by atoms with E-state index in [9.17, 15) is 4.79 Å². The second-order valence-corrected chi connectivity index (χ2v) is 8.11. The first-order valence-electron chi connectivity index (χ1n) is 9.36. The van der Waals surface area contributed by atoms with Gasteiger partial charge in [0.25, 0.3) is 5.91 Å². The van der Waals surface area contributed by atoms with E-state index in [2.05, 4.69) is 30.4 Å². The molecule has 1 aliphatic carbocycles. The highest BCUT2D eigenvalue weighted by Gasteiger charge is 2.44. The summed E-state index contributed by atoms with van der Waals surface area (Å²) in [5.74, 6) is 1.53. The zero-order valence-corrected chi connectivity index (χ0v) is 15.8. The molecule has 1 amide bonds. The summed E-state index contributed by atoms with van der Waals surface area (Å²) in [5, 5.41) is 3.81. The molecule has 1 saturated carbocycles. The number of carbonyl (C=O) groups excluding carboxylic acids is 1. The molecule has 4 heteroatoms. The topological polar surface area (TPSA) is 38.3 Å². The van der Waals surface area contributed by atoms with E-state index in [1.165, 1.54) is 5.56 Å². The summed E-state index contributed by atoms with van der Waals surface area (Å²) < 4.78 is 5.94. The molecule has 2 aliphatic rings. The minimum atomic E-state index is -0.0241. The van der Waals surface area contributed by atoms with Gasteiger partial charge >= 0.3 is 0 Å². The summed E-state index contributed by atoms with van der Waals surface area (Å²) in [6.07, 6.45) is 4.46. The summed E-state index contributed by atoms with van der Waals surface area (Å²) in [6, 6.07) is 15.6. The average molecular weight is 370 g/mol. The molecule has 0 radical (unpaired) electrons. The maximum atomic E-state index is 12.4. The predicted octanol–water partition coefficient (Wildman–Crippen LogP) is 4.98. The molecule has 1 aliphatic heterocycles. The van der Waals surface area contributed by atoms with E-state index < -0.39 is 0 Å². The molecule has 4 rings (SSSR count). The molecule has 1 N–H and O–H groups in total. The number of fused-ring (bicyclic) bond motifs is 2. The number of para-hydroxylation sites is 1. The van der Waals surface area contributed by atoms with Gasteiger partial charge in [-0.1, -0.05) is 29.8 Å². The van der Waals surface area contributed by atoms with Crippen molar-refractivity contribution in [3.8, 4) is 5.75 Å². The zero-order valence-electron chi connectivity index (χ0n) is 15.0. The quantitative estimate of drug-likeness (QED) is 0.828. The van der Waals surface area contributed by atoms with Crippen molar-refractivity contribution < 1.29 is 9.53 Å². The van der Waals surface area contributed by atoms with Crippen LogP contribution in [0.4, 0.5) is 0 Å². The highest BCUT2D eigenvalue weighted by molar-refractivity contribution is 6.30. The van der Waals surface area contributed by atoms with Crippen LogP contribution < -0.4 is 10.1 Å². The molecule has 0 aromatic heterocycles. The number of benzene rings is 2. The third kappa shape index (κ3) is 3.21. The van der Waals surface area contributed by atoms with Crippen molar-refractivity contribution in [2.75, 3.05) is 6.61 Å². The van der Waals surface area contributed by atoms with Crippen LogP contribution in [0.25, 0.3) is 0 Å². The molecule has 2 aromatic rings. The molecule has 0 bridgehead atoms. The molecule has 0 saturated heterocycles. The van der Waals surface area contributed by atoms with Crippen molar-refractivity contribution >= 4 is 17.5 Å². The van der Waals surface area contributed by atoms with E-state index in [-0.39, 0.29) is 17.4 Å². The molecule has 1 spiro atoms. The van der Waals surface area contributed by atoms with Crippen molar-refractivity contribution in [2.45, 2.75) is 44.1 Å². The first kappa shape index (κ1) is 17.4. The van der Waals surface area contributed by atoms with Gasteiger partial charge < -0.3 is 10.1 Å². The standard InChI is InChI=1S/C22H24ClNO2/c1-15(24-21(25)17-6-8-18(23)9-7-17)16-10-12-22(13-11-16)14-26-20-5-3-2-4-19(20)22/h2-9,15-16H,10-14H2,1H3,(H,24,25)/t15?,16-,22-. The lowest BCUT2D eigenvalue weighted by Gasteiger charge is -2.38. The third-order valence-electron chi connectivity index (χ3n) is 6.12. The lowest BCUT2D eigenvalue weighted by molar-refractivity contribution is 0.0905. The number of rotatable bonds is 3. The summed E-state index contributed by atoms with van der Waals surface area (Å²) >= 11 is 5.90. The second-order valence-electron chi connectivity index (χ2n) is 7.67. The highest BCUT2D eigenvalue weighted by atomic mass is 35.5. The fourth-order valence-corrected chi connectivity index (χ4v) is 4.57. The van der Waals surface area contributed by atoms with Crippen LogP contribution in [0.5, 0.6) is 5.75 Å². The van der Waals surface area contributed by atoms with Crippen LogP contribution in [0.15, 0.2) is 48.5 Å². The van der Waals surface area contributed by atoms with Gasteiger partial charge in [0.15, 0.2) is 0 Å². The van der Waals surface area contributed by atoms with Gasteiger partial charge in [0.1, 0.15) is 5.75 Å². The summed E-state index contributed by atoms with van der Waals surface area (Å²) in [7, 11) is 0. The Kier molecular flexibility index (Phi) is 4.66. The molecular weight excluding hydrogens is 346 g/mol. The Morgan fingerprint density at radius 3 is 2.58 bits per heavy atom. The van der Waals surface area contributed by atoms with E-state index in [0.717, 1.165) is 38.0 Å². The van der Waals surface area contributed by atoms with Crippen LogP contribution in [0.1, 0.15) is 48.5 Å². The van der Waals surface area contributed by atoms with E-state index in [1.807, 2.05) is 6.07 Å². The van der Waals surface area contributed by atoms with Gasteiger partial charge in [0, 0.05) is 27.6 Å². The third-order valence-corrected chi connectivity index (χ3v) is 6.37. The molecule has 136 valence electrons. The molecule has 2 aromatic carbocycles. The van der Waals surface area contributed by atoms with Gasteiger partial charge in [-0.05, 0) is 68.9 Å². The first-order valence-corrected chi connectivity index (χ1v) is 9.74. The molecule has 26 heavy (non-hydrogen) atoms. The lowest BCUT2D eigenvalue weighted by atomic mass is 9.66. The number of ether oxygens (including phenoxy) is 1. The van der Waals surface area contributed by atoms with Crippen LogP contribution in [0.2, 0.25) is 5.02 Å². The largest absolute Gasteiger partial charge is 0.492 e. The predicted molar refractivity (Wildman–Crippen MR) is 104 cm³/mol. The van der Waals surface area contributed by atoms with Gasteiger partial charge in [-0.15, -0.1) is 0 Å². The zero-order chi connectivity index (χ0) is 18.1. The average Bonchev–Trinajstić information content (AvgIpc) is 3.01. The fraction of sp³-hybridized carbons (Fsp3) is 0.409.